The second-order valence-corrected chi connectivity index (χ2v) is 8.12. The van der Waals surface area contributed by atoms with Crippen molar-refractivity contribution in [1.82, 2.24) is 24.3 Å². The van der Waals surface area contributed by atoms with E-state index in [0.29, 0.717) is 24.6 Å². The van der Waals surface area contributed by atoms with Gasteiger partial charge in [0.2, 0.25) is 0 Å². The summed E-state index contributed by atoms with van der Waals surface area (Å²) in [4.78, 5) is 28.8. The largest absolute Gasteiger partial charge is 0.355 e. The Hall–Kier alpha value is -3.21. The minimum atomic E-state index is -2.34. The SMILES string of the molecule is Cc1cn2cc(NC(=O)c3cnc(N4CCC(CN(C)CC(F)F)C4)cn3)cc(F)c2n1. The maximum absolute atomic E-state index is 14.2. The number of aryl methyl sites for hydroxylation is 1. The molecule has 1 unspecified atom stereocenters. The average molecular weight is 447 g/mol. The molecule has 1 fully saturated rings. The quantitative estimate of drug-likeness (QED) is 0.600. The molecule has 4 rings (SSSR count). The molecule has 1 aliphatic rings. The van der Waals surface area contributed by atoms with Crippen molar-refractivity contribution in [3.05, 3.63) is 48.1 Å². The van der Waals surface area contributed by atoms with Gasteiger partial charge in [-0.25, -0.2) is 28.1 Å². The van der Waals surface area contributed by atoms with Crippen LogP contribution in [-0.4, -0.2) is 69.8 Å². The maximum Gasteiger partial charge on any atom is 0.275 e. The van der Waals surface area contributed by atoms with Crippen molar-refractivity contribution in [3.8, 4) is 0 Å². The van der Waals surface area contributed by atoms with Crippen LogP contribution < -0.4 is 10.2 Å². The Bertz CT molecular complexity index is 1100. The first-order valence-electron chi connectivity index (χ1n) is 10.3. The molecule has 0 saturated carbocycles. The van der Waals surface area contributed by atoms with Gasteiger partial charge in [-0.2, -0.15) is 0 Å². The number of pyridine rings is 1. The van der Waals surface area contributed by atoms with Crippen molar-refractivity contribution in [3.63, 3.8) is 0 Å². The van der Waals surface area contributed by atoms with Crippen LogP contribution in [0.1, 0.15) is 22.6 Å². The average Bonchev–Trinajstić information content (AvgIpc) is 3.33. The summed E-state index contributed by atoms with van der Waals surface area (Å²) in [5.41, 5.74) is 1.23. The standard InChI is InChI=1S/C21H24F3N7O/c1-13-8-31-11-15(5-16(22)20(31)27-13)28-21(32)17-6-26-19(7-25-17)30-4-3-14(10-30)9-29(2)12-18(23)24/h5-8,11,14,18H,3-4,9-10,12H2,1-2H3,(H,28,32). The first-order chi connectivity index (χ1) is 15.3. The fourth-order valence-corrected chi connectivity index (χ4v) is 3.99. The lowest BCUT2D eigenvalue weighted by atomic mass is 10.1. The summed E-state index contributed by atoms with van der Waals surface area (Å²) in [5, 5.41) is 2.62. The van der Waals surface area contributed by atoms with Gasteiger partial charge < -0.3 is 19.5 Å². The number of hydrogen-bond acceptors (Lipinski definition) is 6. The summed E-state index contributed by atoms with van der Waals surface area (Å²) in [7, 11) is 1.69. The normalized spacial score (nSPS) is 16.5. The number of carbonyl (C=O) groups excluding carboxylic acids is 1. The topological polar surface area (TPSA) is 78.7 Å². The van der Waals surface area contributed by atoms with Gasteiger partial charge >= 0.3 is 0 Å². The minimum Gasteiger partial charge on any atom is -0.355 e. The zero-order valence-electron chi connectivity index (χ0n) is 17.8. The third kappa shape index (κ3) is 4.98. The molecule has 11 heteroatoms. The maximum atomic E-state index is 14.2. The van der Waals surface area contributed by atoms with Gasteiger partial charge in [0.15, 0.2) is 11.5 Å². The molecule has 8 nitrogen and oxygen atoms in total. The smallest absolute Gasteiger partial charge is 0.275 e. The third-order valence-corrected chi connectivity index (χ3v) is 5.38. The molecule has 0 radical (unpaired) electrons. The molecule has 1 N–H and O–H groups in total. The van der Waals surface area contributed by atoms with Crippen molar-refractivity contribution in [1.29, 1.82) is 0 Å². The van der Waals surface area contributed by atoms with Gasteiger partial charge in [-0.15, -0.1) is 0 Å². The number of carbonyl (C=O) groups is 1. The summed E-state index contributed by atoms with van der Waals surface area (Å²) < 4.78 is 40.7. The molecule has 0 aliphatic carbocycles. The Morgan fingerprint density at radius 1 is 1.31 bits per heavy atom. The lowest BCUT2D eigenvalue weighted by Gasteiger charge is -2.21. The number of rotatable bonds is 7. The van der Waals surface area contributed by atoms with E-state index in [1.54, 1.807) is 31.3 Å². The second-order valence-electron chi connectivity index (χ2n) is 8.12. The molecular formula is C21H24F3N7O. The van der Waals surface area contributed by atoms with E-state index in [-0.39, 0.29) is 29.5 Å². The number of amides is 1. The van der Waals surface area contributed by atoms with Gasteiger partial charge in [0, 0.05) is 38.1 Å². The second kappa shape index (κ2) is 9.11. The molecule has 0 spiro atoms. The van der Waals surface area contributed by atoms with E-state index in [1.807, 2.05) is 4.90 Å². The van der Waals surface area contributed by atoms with Crippen LogP contribution >= 0.6 is 0 Å². The first-order valence-corrected chi connectivity index (χ1v) is 10.3. The van der Waals surface area contributed by atoms with Crippen molar-refractivity contribution in [2.45, 2.75) is 19.8 Å². The van der Waals surface area contributed by atoms with Crippen LogP contribution in [0.4, 0.5) is 24.7 Å². The van der Waals surface area contributed by atoms with E-state index in [1.165, 1.54) is 22.9 Å². The van der Waals surface area contributed by atoms with E-state index >= 15 is 0 Å². The predicted molar refractivity (Wildman–Crippen MR) is 114 cm³/mol. The zero-order valence-corrected chi connectivity index (χ0v) is 17.8. The van der Waals surface area contributed by atoms with Crippen molar-refractivity contribution >= 4 is 23.1 Å². The number of alkyl halides is 2. The molecule has 3 aromatic heterocycles. The molecule has 1 amide bonds. The predicted octanol–water partition coefficient (Wildman–Crippen LogP) is 2.85. The zero-order chi connectivity index (χ0) is 22.8. The molecule has 0 aromatic carbocycles. The number of fused-ring (bicyclic) bond motifs is 1. The monoisotopic (exact) mass is 447 g/mol. The van der Waals surface area contributed by atoms with Crippen LogP contribution in [0.25, 0.3) is 5.65 Å². The van der Waals surface area contributed by atoms with Crippen LogP contribution in [0.15, 0.2) is 30.9 Å². The lowest BCUT2D eigenvalue weighted by Crippen LogP contribution is -2.31. The Morgan fingerprint density at radius 2 is 2.12 bits per heavy atom. The van der Waals surface area contributed by atoms with Crippen molar-refractivity contribution in [2.75, 3.05) is 43.4 Å². The van der Waals surface area contributed by atoms with E-state index in [9.17, 15) is 18.0 Å². The van der Waals surface area contributed by atoms with Crippen molar-refractivity contribution in [2.24, 2.45) is 5.92 Å². The van der Waals surface area contributed by atoms with Crippen LogP contribution in [0.3, 0.4) is 0 Å². The Labute approximate surface area is 183 Å². The van der Waals surface area contributed by atoms with E-state index in [4.69, 9.17) is 0 Å². The van der Waals surface area contributed by atoms with E-state index in [2.05, 4.69) is 20.3 Å². The molecule has 1 atom stereocenters. The van der Waals surface area contributed by atoms with Crippen LogP contribution in [0, 0.1) is 18.7 Å². The van der Waals surface area contributed by atoms with Gasteiger partial charge in [0.1, 0.15) is 11.5 Å². The minimum absolute atomic E-state index is 0.100. The fraction of sp³-hybridized carbons (Fsp3) is 0.429. The van der Waals surface area contributed by atoms with E-state index in [0.717, 1.165) is 13.0 Å². The molecular weight excluding hydrogens is 423 g/mol. The van der Waals surface area contributed by atoms with Crippen LogP contribution in [0.2, 0.25) is 0 Å². The van der Waals surface area contributed by atoms with Gasteiger partial charge in [0.25, 0.3) is 12.3 Å². The number of anilines is 2. The van der Waals surface area contributed by atoms with E-state index < -0.39 is 18.1 Å². The number of nitrogens with zero attached hydrogens (tertiary/aromatic N) is 6. The van der Waals surface area contributed by atoms with Crippen LogP contribution in [0.5, 0.6) is 0 Å². The summed E-state index contributed by atoms with van der Waals surface area (Å²) in [6.45, 7) is 3.55. The Balaban J connectivity index is 1.37. The highest BCUT2D eigenvalue weighted by Gasteiger charge is 2.25. The molecule has 170 valence electrons. The summed E-state index contributed by atoms with van der Waals surface area (Å²) in [6.07, 6.45) is 4.66. The number of halogens is 3. The highest BCUT2D eigenvalue weighted by molar-refractivity contribution is 6.02. The lowest BCUT2D eigenvalue weighted by molar-refractivity contribution is 0.0945. The fourth-order valence-electron chi connectivity index (χ4n) is 3.99. The van der Waals surface area contributed by atoms with Gasteiger partial charge in [-0.1, -0.05) is 0 Å². The molecule has 32 heavy (non-hydrogen) atoms. The third-order valence-electron chi connectivity index (χ3n) is 5.38. The number of hydrogen-bond donors (Lipinski definition) is 1. The highest BCUT2D eigenvalue weighted by atomic mass is 19.3. The number of imidazole rings is 1. The van der Waals surface area contributed by atoms with Gasteiger partial charge in [-0.3, -0.25) is 4.79 Å². The number of aromatic nitrogens is 4. The molecule has 3 aromatic rings. The summed E-state index contributed by atoms with van der Waals surface area (Å²) in [6, 6.07) is 1.21. The molecule has 0 bridgehead atoms. The van der Waals surface area contributed by atoms with Gasteiger partial charge in [0.05, 0.1) is 30.3 Å². The van der Waals surface area contributed by atoms with Crippen LogP contribution in [-0.2, 0) is 0 Å². The summed E-state index contributed by atoms with van der Waals surface area (Å²) >= 11 is 0. The molecule has 1 aliphatic heterocycles. The summed E-state index contributed by atoms with van der Waals surface area (Å²) in [5.74, 6) is -0.158. The highest BCUT2D eigenvalue weighted by Crippen LogP contribution is 2.23. The number of nitrogens with one attached hydrogen (secondary N) is 1. The van der Waals surface area contributed by atoms with Crippen molar-refractivity contribution < 1.29 is 18.0 Å². The molecule has 4 heterocycles. The van der Waals surface area contributed by atoms with Gasteiger partial charge in [-0.05, 0) is 26.3 Å². The first kappa shape index (κ1) is 22.0. The Kier molecular flexibility index (Phi) is 6.26. The Morgan fingerprint density at radius 3 is 2.84 bits per heavy atom. The molecule has 1 saturated heterocycles.